The molecule has 9 heteroatoms. The molecule has 1 fully saturated rings. The summed E-state index contributed by atoms with van der Waals surface area (Å²) in [6, 6.07) is 3.19. The van der Waals surface area contributed by atoms with E-state index in [4.69, 9.17) is 14.2 Å². The molecule has 1 amide bonds. The van der Waals surface area contributed by atoms with E-state index >= 15 is 0 Å². The SMILES string of the molecule is COc1cc(C(=O)Nc2nnc(N3CCCC3)s2)cc(OC)c1OC. The Morgan fingerprint density at radius 2 is 1.72 bits per heavy atom. The Bertz CT molecular complexity index is 733. The Kier molecular flexibility index (Phi) is 5.22. The fourth-order valence-corrected chi connectivity index (χ4v) is 3.48. The molecule has 1 N–H and O–H groups in total. The predicted octanol–water partition coefficient (Wildman–Crippen LogP) is 2.42. The number of carbonyl (C=O) groups is 1. The average Bonchev–Trinajstić information content (AvgIpc) is 3.31. The van der Waals surface area contributed by atoms with Crippen LogP contribution in [0.1, 0.15) is 23.2 Å². The molecule has 1 saturated heterocycles. The highest BCUT2D eigenvalue weighted by atomic mass is 32.1. The van der Waals surface area contributed by atoms with Crippen molar-refractivity contribution in [3.63, 3.8) is 0 Å². The number of rotatable bonds is 6. The van der Waals surface area contributed by atoms with Crippen molar-refractivity contribution in [1.82, 2.24) is 10.2 Å². The minimum atomic E-state index is -0.316. The number of nitrogens with one attached hydrogen (secondary N) is 1. The molecule has 0 bridgehead atoms. The molecule has 1 aromatic heterocycles. The quantitative estimate of drug-likeness (QED) is 0.842. The van der Waals surface area contributed by atoms with Gasteiger partial charge in [-0.05, 0) is 25.0 Å². The minimum Gasteiger partial charge on any atom is -0.493 e. The number of hydrogen-bond donors (Lipinski definition) is 1. The molecule has 0 spiro atoms. The van der Waals surface area contributed by atoms with Crippen molar-refractivity contribution in [3.8, 4) is 17.2 Å². The van der Waals surface area contributed by atoms with E-state index in [9.17, 15) is 4.79 Å². The number of amides is 1. The summed E-state index contributed by atoms with van der Waals surface area (Å²) in [5.41, 5.74) is 0.382. The number of anilines is 2. The highest BCUT2D eigenvalue weighted by molar-refractivity contribution is 7.19. The molecule has 8 nitrogen and oxygen atoms in total. The number of benzene rings is 1. The molecule has 1 aromatic carbocycles. The summed E-state index contributed by atoms with van der Waals surface area (Å²) in [5, 5.41) is 12.3. The van der Waals surface area contributed by atoms with Gasteiger partial charge < -0.3 is 19.1 Å². The van der Waals surface area contributed by atoms with E-state index in [1.54, 1.807) is 12.1 Å². The summed E-state index contributed by atoms with van der Waals surface area (Å²) >= 11 is 1.37. The van der Waals surface area contributed by atoms with E-state index in [-0.39, 0.29) is 5.91 Å². The fourth-order valence-electron chi connectivity index (χ4n) is 2.68. The molecule has 0 unspecified atom stereocenters. The lowest BCUT2D eigenvalue weighted by atomic mass is 10.1. The Hall–Kier alpha value is -2.55. The summed E-state index contributed by atoms with van der Waals surface area (Å²) < 4.78 is 15.8. The lowest BCUT2D eigenvalue weighted by Crippen LogP contribution is -2.17. The summed E-state index contributed by atoms with van der Waals surface area (Å²) in [5.74, 6) is 0.959. The molecule has 2 aromatic rings. The standard InChI is InChI=1S/C16H20N4O4S/c1-22-11-8-10(9-12(23-2)13(11)24-3)14(21)17-15-18-19-16(25-15)20-6-4-5-7-20/h8-9H,4-7H2,1-3H3,(H,17,18,21). The Morgan fingerprint density at radius 3 is 2.28 bits per heavy atom. The van der Waals surface area contributed by atoms with Gasteiger partial charge in [-0.25, -0.2) is 0 Å². The molecule has 3 rings (SSSR count). The molecular weight excluding hydrogens is 344 g/mol. The molecule has 0 saturated carbocycles. The number of hydrogen-bond acceptors (Lipinski definition) is 8. The largest absolute Gasteiger partial charge is 0.493 e. The van der Waals surface area contributed by atoms with Crippen LogP contribution >= 0.6 is 11.3 Å². The van der Waals surface area contributed by atoms with Crippen LogP contribution in [0.2, 0.25) is 0 Å². The number of methoxy groups -OCH3 is 3. The topological polar surface area (TPSA) is 85.8 Å². The van der Waals surface area contributed by atoms with Gasteiger partial charge in [-0.3, -0.25) is 10.1 Å². The molecule has 134 valence electrons. The van der Waals surface area contributed by atoms with Gasteiger partial charge in [-0.1, -0.05) is 11.3 Å². The summed E-state index contributed by atoms with van der Waals surface area (Å²) in [7, 11) is 4.53. The average molecular weight is 364 g/mol. The van der Waals surface area contributed by atoms with Gasteiger partial charge in [0.05, 0.1) is 21.3 Å². The number of aromatic nitrogens is 2. The number of ether oxygens (including phenoxy) is 3. The second-order valence-corrected chi connectivity index (χ2v) is 6.41. The van der Waals surface area contributed by atoms with E-state index < -0.39 is 0 Å². The highest BCUT2D eigenvalue weighted by Crippen LogP contribution is 2.38. The van der Waals surface area contributed by atoms with Gasteiger partial charge in [-0.15, -0.1) is 10.2 Å². The van der Waals surface area contributed by atoms with Gasteiger partial charge in [0.25, 0.3) is 5.91 Å². The number of nitrogens with zero attached hydrogens (tertiary/aromatic N) is 3. The first-order chi connectivity index (χ1) is 12.2. The monoisotopic (exact) mass is 364 g/mol. The fraction of sp³-hybridized carbons (Fsp3) is 0.438. The van der Waals surface area contributed by atoms with E-state index in [0.29, 0.717) is 27.9 Å². The zero-order chi connectivity index (χ0) is 17.8. The zero-order valence-corrected chi connectivity index (χ0v) is 15.2. The van der Waals surface area contributed by atoms with Crippen LogP contribution in [0.25, 0.3) is 0 Å². The van der Waals surface area contributed by atoms with Crippen molar-refractivity contribution in [2.45, 2.75) is 12.8 Å². The van der Waals surface area contributed by atoms with Crippen LogP contribution in [0, 0.1) is 0 Å². The van der Waals surface area contributed by atoms with Gasteiger partial charge in [-0.2, -0.15) is 0 Å². The molecule has 0 aliphatic carbocycles. The second-order valence-electron chi connectivity index (χ2n) is 5.45. The third-order valence-corrected chi connectivity index (χ3v) is 4.84. The van der Waals surface area contributed by atoms with E-state index in [2.05, 4.69) is 20.4 Å². The van der Waals surface area contributed by atoms with Gasteiger partial charge >= 0.3 is 0 Å². The first-order valence-electron chi connectivity index (χ1n) is 7.86. The van der Waals surface area contributed by atoms with E-state index in [1.165, 1.54) is 32.7 Å². The minimum absolute atomic E-state index is 0.316. The van der Waals surface area contributed by atoms with Crippen molar-refractivity contribution >= 4 is 27.5 Å². The first-order valence-corrected chi connectivity index (χ1v) is 8.67. The summed E-state index contributed by atoms with van der Waals surface area (Å²) in [6.07, 6.45) is 2.32. The molecule has 1 aliphatic rings. The zero-order valence-electron chi connectivity index (χ0n) is 14.4. The number of carbonyl (C=O) groups excluding carboxylic acids is 1. The third-order valence-electron chi connectivity index (χ3n) is 3.94. The van der Waals surface area contributed by atoms with Crippen LogP contribution in [0.5, 0.6) is 17.2 Å². The maximum atomic E-state index is 12.5. The van der Waals surface area contributed by atoms with Gasteiger partial charge in [0.15, 0.2) is 11.5 Å². The van der Waals surface area contributed by atoms with Crippen LogP contribution in [-0.4, -0.2) is 50.5 Å². The van der Waals surface area contributed by atoms with Crippen LogP contribution in [-0.2, 0) is 0 Å². The van der Waals surface area contributed by atoms with Crippen LogP contribution in [0.15, 0.2) is 12.1 Å². The van der Waals surface area contributed by atoms with Crippen molar-refractivity contribution < 1.29 is 19.0 Å². The van der Waals surface area contributed by atoms with E-state index in [1.807, 2.05) is 0 Å². The molecular formula is C16H20N4O4S. The summed E-state index contributed by atoms with van der Waals surface area (Å²) in [4.78, 5) is 14.7. The molecule has 2 heterocycles. The van der Waals surface area contributed by atoms with Crippen molar-refractivity contribution in [2.24, 2.45) is 0 Å². The second kappa shape index (κ2) is 7.56. The van der Waals surface area contributed by atoms with E-state index in [0.717, 1.165) is 31.1 Å². The van der Waals surface area contributed by atoms with Gasteiger partial charge in [0.2, 0.25) is 16.0 Å². The predicted molar refractivity (Wildman–Crippen MR) is 95.4 cm³/mol. The molecule has 1 aliphatic heterocycles. The Labute approximate surface area is 149 Å². The first kappa shape index (κ1) is 17.3. The van der Waals surface area contributed by atoms with Crippen LogP contribution in [0.4, 0.5) is 10.3 Å². The Balaban J connectivity index is 1.79. The molecule has 0 radical (unpaired) electrons. The smallest absolute Gasteiger partial charge is 0.257 e. The molecule has 25 heavy (non-hydrogen) atoms. The maximum Gasteiger partial charge on any atom is 0.257 e. The van der Waals surface area contributed by atoms with Crippen LogP contribution in [0.3, 0.4) is 0 Å². The molecule has 0 atom stereocenters. The maximum absolute atomic E-state index is 12.5. The van der Waals surface area contributed by atoms with Crippen LogP contribution < -0.4 is 24.4 Å². The summed E-state index contributed by atoms with van der Waals surface area (Å²) in [6.45, 7) is 1.96. The normalized spacial score (nSPS) is 13.6. The van der Waals surface area contributed by atoms with Crippen molar-refractivity contribution in [2.75, 3.05) is 44.6 Å². The highest BCUT2D eigenvalue weighted by Gasteiger charge is 2.20. The lowest BCUT2D eigenvalue weighted by Gasteiger charge is -2.13. The Morgan fingerprint density at radius 1 is 1.08 bits per heavy atom. The van der Waals surface area contributed by atoms with Crippen molar-refractivity contribution in [3.05, 3.63) is 17.7 Å². The van der Waals surface area contributed by atoms with Crippen molar-refractivity contribution in [1.29, 1.82) is 0 Å². The third kappa shape index (κ3) is 3.60. The van der Waals surface area contributed by atoms with Gasteiger partial charge in [0.1, 0.15) is 0 Å². The lowest BCUT2D eigenvalue weighted by molar-refractivity contribution is 0.102. The van der Waals surface area contributed by atoms with Gasteiger partial charge in [0, 0.05) is 18.7 Å².